The third-order valence-electron chi connectivity index (χ3n) is 29.5. The predicted molar refractivity (Wildman–Crippen MR) is 380 cm³/mol. The molecule has 0 aliphatic heterocycles. The zero-order chi connectivity index (χ0) is 65.2. The SMILES string of the molecule is COOCC[C@H]1CCC([C@H]2CC[C@H]([C@H](C)CCC[C@@H](CC[C@@H](C)CCC[C@@H](C)[C@H]3CC[C@H](C4CC[C@H](CC(=O)OC)C4)C3)CC[C@@H](CCC[C@@H](C)[C@H]3CC[C@H](C4CC[C@H](CCOOC)C4)C3)CC[C@@H](C)CCC[C@@H](C)[C@H]3CC[C@H](C4CC[C@H](CC(=O)OC)C4)C3)C2)C1. The molecule has 8 aliphatic rings. The Hall–Kier alpha value is -1.22. The van der Waals surface area contributed by atoms with Crippen LogP contribution in [0.15, 0.2) is 0 Å². The summed E-state index contributed by atoms with van der Waals surface area (Å²) >= 11 is 0. The highest BCUT2D eigenvalue weighted by atomic mass is 17.2. The molecule has 534 valence electrons. The van der Waals surface area contributed by atoms with Gasteiger partial charge in [0.25, 0.3) is 0 Å². The molecule has 24 atom stereocenters. The summed E-state index contributed by atoms with van der Waals surface area (Å²) in [6, 6.07) is 0. The number of esters is 2. The Labute approximate surface area is 568 Å². The molecule has 92 heavy (non-hydrogen) atoms. The molecule has 0 N–H and O–H groups in total. The normalized spacial score (nSPS) is 34.3. The Balaban J connectivity index is 0.823. The number of carbonyl (C=O) groups excluding carboxylic acids is 2. The summed E-state index contributed by atoms with van der Waals surface area (Å²) in [5.74, 6) is 20.7. The maximum absolute atomic E-state index is 12.0. The molecule has 8 saturated carbocycles. The van der Waals surface area contributed by atoms with E-state index in [0.717, 1.165) is 143 Å². The summed E-state index contributed by atoms with van der Waals surface area (Å²) in [5, 5.41) is 0. The third kappa shape index (κ3) is 25.5. The summed E-state index contributed by atoms with van der Waals surface area (Å²) in [6.45, 7) is 17.3. The van der Waals surface area contributed by atoms with Gasteiger partial charge in [-0.15, -0.1) is 0 Å². The predicted octanol–water partition coefficient (Wildman–Crippen LogP) is 23.5. The number of rotatable bonds is 45. The molecule has 0 aromatic heterocycles. The average Bonchev–Trinajstić information content (AvgIpc) is 4.02. The minimum absolute atomic E-state index is 0.00711. The van der Waals surface area contributed by atoms with Crippen LogP contribution in [0.1, 0.15) is 337 Å². The Morgan fingerprint density at radius 2 is 0.576 bits per heavy atom. The Morgan fingerprint density at radius 1 is 0.304 bits per heavy atom. The van der Waals surface area contributed by atoms with E-state index < -0.39 is 0 Å². The highest BCUT2D eigenvalue weighted by Crippen LogP contribution is 2.52. The Kier molecular flexibility index (Phi) is 34.4. The van der Waals surface area contributed by atoms with Crippen LogP contribution in [0.3, 0.4) is 0 Å². The van der Waals surface area contributed by atoms with Gasteiger partial charge in [0.2, 0.25) is 0 Å². The van der Waals surface area contributed by atoms with Crippen molar-refractivity contribution >= 4 is 11.9 Å². The van der Waals surface area contributed by atoms with Crippen molar-refractivity contribution in [1.82, 2.24) is 0 Å². The Bertz CT molecular complexity index is 1860. The van der Waals surface area contributed by atoms with Gasteiger partial charge in [-0.1, -0.05) is 170 Å². The molecular weight excluding hydrogens is 1140 g/mol. The van der Waals surface area contributed by atoms with Gasteiger partial charge < -0.3 is 9.47 Å². The molecule has 8 heteroatoms. The average molecular weight is 1290 g/mol. The lowest BCUT2D eigenvalue weighted by Gasteiger charge is -2.26. The number of methoxy groups -OCH3 is 2. The van der Waals surface area contributed by atoms with Crippen molar-refractivity contribution in [3.05, 3.63) is 0 Å². The second kappa shape index (κ2) is 41.4. The number of ether oxygens (including phenoxy) is 2. The summed E-state index contributed by atoms with van der Waals surface area (Å²) in [7, 11) is 6.39. The van der Waals surface area contributed by atoms with E-state index in [-0.39, 0.29) is 11.9 Å². The molecule has 4 unspecified atom stereocenters. The van der Waals surface area contributed by atoms with Crippen LogP contribution < -0.4 is 0 Å². The first kappa shape index (κ1) is 76.5. The minimum Gasteiger partial charge on any atom is -0.469 e. The number of hydrogen-bond acceptors (Lipinski definition) is 8. The highest BCUT2D eigenvalue weighted by Gasteiger charge is 2.42. The van der Waals surface area contributed by atoms with Gasteiger partial charge in [0.1, 0.15) is 0 Å². The van der Waals surface area contributed by atoms with Gasteiger partial charge in [-0.25, -0.2) is 19.6 Å². The molecule has 0 heterocycles. The molecule has 0 aromatic rings. The van der Waals surface area contributed by atoms with Crippen LogP contribution >= 0.6 is 0 Å². The molecule has 0 radical (unpaired) electrons. The van der Waals surface area contributed by atoms with E-state index in [0.29, 0.717) is 24.7 Å². The van der Waals surface area contributed by atoms with Crippen molar-refractivity contribution in [3.8, 4) is 0 Å². The molecule has 0 aromatic carbocycles. The topological polar surface area (TPSA) is 89.5 Å². The summed E-state index contributed by atoms with van der Waals surface area (Å²) in [6.07, 6.45) is 63.3. The summed E-state index contributed by atoms with van der Waals surface area (Å²) in [4.78, 5) is 44.5. The van der Waals surface area contributed by atoms with Gasteiger partial charge in [0, 0.05) is 12.8 Å². The molecule has 0 amide bonds. The number of hydrogen-bond donors (Lipinski definition) is 0. The first-order valence-corrected chi connectivity index (χ1v) is 41.1. The van der Waals surface area contributed by atoms with E-state index in [9.17, 15) is 9.59 Å². The highest BCUT2D eigenvalue weighted by molar-refractivity contribution is 5.69. The monoisotopic (exact) mass is 1290 g/mol. The van der Waals surface area contributed by atoms with Gasteiger partial charge in [-0.3, -0.25) is 9.59 Å². The van der Waals surface area contributed by atoms with Crippen molar-refractivity contribution in [2.75, 3.05) is 41.7 Å². The van der Waals surface area contributed by atoms with Crippen molar-refractivity contribution in [3.63, 3.8) is 0 Å². The summed E-state index contributed by atoms with van der Waals surface area (Å²) in [5.41, 5.74) is 0. The minimum atomic E-state index is -0.00711. The van der Waals surface area contributed by atoms with Crippen LogP contribution in [0.4, 0.5) is 0 Å². The van der Waals surface area contributed by atoms with Gasteiger partial charge in [-0.05, 0) is 296 Å². The van der Waals surface area contributed by atoms with Crippen LogP contribution in [-0.2, 0) is 38.6 Å². The lowest BCUT2D eigenvalue weighted by Crippen LogP contribution is -2.14. The lowest BCUT2D eigenvalue weighted by atomic mass is 9.79. The molecule has 8 aliphatic carbocycles. The third-order valence-corrected chi connectivity index (χ3v) is 29.5. The molecular formula is C84H150O8. The Morgan fingerprint density at radius 3 is 0.891 bits per heavy atom. The van der Waals surface area contributed by atoms with E-state index >= 15 is 0 Å². The maximum Gasteiger partial charge on any atom is 0.305 e. The molecule has 0 saturated heterocycles. The lowest BCUT2D eigenvalue weighted by molar-refractivity contribution is -0.274. The molecule has 8 fully saturated rings. The quantitative estimate of drug-likeness (QED) is 0.0258. The van der Waals surface area contributed by atoms with E-state index in [2.05, 4.69) is 41.5 Å². The van der Waals surface area contributed by atoms with Crippen molar-refractivity contribution < 1.29 is 38.6 Å². The molecule has 8 nitrogen and oxygen atoms in total. The van der Waals surface area contributed by atoms with Crippen LogP contribution in [0.2, 0.25) is 0 Å². The van der Waals surface area contributed by atoms with E-state index in [4.69, 9.17) is 29.0 Å². The van der Waals surface area contributed by atoms with Gasteiger partial charge in [0.05, 0.1) is 41.7 Å². The van der Waals surface area contributed by atoms with Crippen LogP contribution in [0, 0.1) is 142 Å². The first-order valence-electron chi connectivity index (χ1n) is 41.1. The van der Waals surface area contributed by atoms with E-state index in [1.807, 2.05) is 0 Å². The molecule has 0 bridgehead atoms. The maximum atomic E-state index is 12.0. The smallest absolute Gasteiger partial charge is 0.305 e. The van der Waals surface area contributed by atoms with Crippen molar-refractivity contribution in [2.45, 2.75) is 337 Å². The van der Waals surface area contributed by atoms with Crippen LogP contribution in [-0.4, -0.2) is 53.6 Å². The fourth-order valence-corrected chi connectivity index (χ4v) is 22.9. The fraction of sp³-hybridized carbons (Fsp3) is 0.976. The zero-order valence-corrected chi connectivity index (χ0v) is 62.1. The molecule has 0 spiro atoms. The van der Waals surface area contributed by atoms with E-state index in [1.54, 1.807) is 28.4 Å². The van der Waals surface area contributed by atoms with Crippen LogP contribution in [0.5, 0.6) is 0 Å². The van der Waals surface area contributed by atoms with Crippen molar-refractivity contribution in [1.29, 1.82) is 0 Å². The van der Waals surface area contributed by atoms with Crippen LogP contribution in [0.25, 0.3) is 0 Å². The van der Waals surface area contributed by atoms with E-state index in [1.165, 1.54) is 283 Å². The van der Waals surface area contributed by atoms with Crippen molar-refractivity contribution in [2.24, 2.45) is 142 Å². The van der Waals surface area contributed by atoms with Gasteiger partial charge in [-0.2, -0.15) is 0 Å². The second-order valence-electron chi connectivity index (χ2n) is 35.5. The fourth-order valence-electron chi connectivity index (χ4n) is 22.9. The summed E-state index contributed by atoms with van der Waals surface area (Å²) < 4.78 is 10.1. The molecule has 8 rings (SSSR count). The second-order valence-corrected chi connectivity index (χ2v) is 35.5. The first-order chi connectivity index (χ1) is 44.7. The van der Waals surface area contributed by atoms with Gasteiger partial charge >= 0.3 is 11.9 Å². The largest absolute Gasteiger partial charge is 0.469 e. The standard InChI is InChI=1S/C84H150O8/c1-59(15-11-17-61(3)71-39-43-81(57-71)77-35-31-69(51-77)53-83(85)87-7)23-25-65(21-13-19-63(5)73-37-41-79(55-73)75-33-29-67(49-75)45-47-91-89-9)27-28-66(22-14-20-64(6)74-38-42-80(56-74)76-34-30-68(50-76)46-48-92-90-10)26-24-60(2)16-12-18-62(4)72-40-44-82(58-72)78-36-32-70(52-78)54-84(86)88-8/h59-82H,11-58H2,1-10H3/t59-,60-,61+,62+,63+,64+,65-,66-,67+,68+,69-,70-,71-,72-,73-,74-,75?,76?,77?,78?,79-,80-,81-,82-/m0/s1. The number of carbonyl (C=O) groups is 2. The van der Waals surface area contributed by atoms with Gasteiger partial charge in [0.15, 0.2) is 0 Å². The zero-order valence-electron chi connectivity index (χ0n) is 62.1.